The Morgan fingerprint density at radius 2 is 1.50 bits per heavy atom. The van der Waals surface area contributed by atoms with Crippen molar-refractivity contribution in [1.29, 1.82) is 0 Å². The molecule has 0 aliphatic rings. The van der Waals surface area contributed by atoms with Gasteiger partial charge in [-0.05, 0) is 61.2 Å². The highest BCUT2D eigenvalue weighted by Gasteiger charge is 2.21. The summed E-state index contributed by atoms with van der Waals surface area (Å²) in [5.41, 5.74) is 4.60. The molecule has 1 N–H and O–H groups in total. The van der Waals surface area contributed by atoms with E-state index in [0.717, 1.165) is 22.3 Å². The lowest BCUT2D eigenvalue weighted by Crippen LogP contribution is -2.27. The average molecular weight is 423 g/mol. The topological polar surface area (TPSA) is 66.5 Å². The van der Waals surface area contributed by atoms with E-state index >= 15 is 0 Å². The predicted octanol–water partition coefficient (Wildman–Crippen LogP) is 4.68. The molecule has 0 bridgehead atoms. The number of nitrogens with zero attached hydrogens (tertiary/aromatic N) is 1. The van der Waals surface area contributed by atoms with Gasteiger partial charge in [0.1, 0.15) is 0 Å². The standard InChI is InChI=1S/C24H26N2O3S/c1-17-9-5-7-11-20(17)16-26(4)24(27)22-15-21(14-13-18(22)2)30(28,29)25-23-12-8-6-10-19(23)3/h5-15,25H,16H2,1-4H3. The van der Waals surface area contributed by atoms with Crippen LogP contribution in [0.4, 0.5) is 5.69 Å². The Morgan fingerprint density at radius 3 is 2.17 bits per heavy atom. The van der Waals surface area contributed by atoms with Gasteiger partial charge in [0.25, 0.3) is 15.9 Å². The molecular weight excluding hydrogens is 396 g/mol. The first-order chi connectivity index (χ1) is 14.2. The molecule has 0 atom stereocenters. The van der Waals surface area contributed by atoms with Crippen LogP contribution in [0.1, 0.15) is 32.6 Å². The van der Waals surface area contributed by atoms with Crippen molar-refractivity contribution in [2.75, 3.05) is 11.8 Å². The number of hydrogen-bond acceptors (Lipinski definition) is 3. The van der Waals surface area contributed by atoms with Gasteiger partial charge in [-0.3, -0.25) is 9.52 Å². The fourth-order valence-electron chi connectivity index (χ4n) is 3.21. The van der Waals surface area contributed by atoms with Gasteiger partial charge < -0.3 is 4.90 Å². The minimum atomic E-state index is -3.82. The van der Waals surface area contributed by atoms with Crippen molar-refractivity contribution < 1.29 is 13.2 Å². The molecule has 0 aliphatic carbocycles. The van der Waals surface area contributed by atoms with Crippen LogP contribution in [-0.2, 0) is 16.6 Å². The summed E-state index contributed by atoms with van der Waals surface area (Å²) in [6, 6.07) is 19.7. The first-order valence-corrected chi connectivity index (χ1v) is 11.2. The zero-order chi connectivity index (χ0) is 21.9. The van der Waals surface area contributed by atoms with Gasteiger partial charge in [-0.1, -0.05) is 48.5 Å². The van der Waals surface area contributed by atoms with Crippen LogP contribution in [0.2, 0.25) is 0 Å². The highest BCUT2D eigenvalue weighted by molar-refractivity contribution is 7.92. The van der Waals surface area contributed by atoms with E-state index in [2.05, 4.69) is 4.72 Å². The molecule has 6 heteroatoms. The van der Waals surface area contributed by atoms with Crippen LogP contribution in [0, 0.1) is 20.8 Å². The summed E-state index contributed by atoms with van der Waals surface area (Å²) in [5.74, 6) is -0.219. The van der Waals surface area contributed by atoms with E-state index in [1.54, 1.807) is 37.1 Å². The van der Waals surface area contributed by atoms with Crippen molar-refractivity contribution in [3.05, 3.63) is 94.5 Å². The van der Waals surface area contributed by atoms with Gasteiger partial charge in [0.05, 0.1) is 10.6 Å². The Balaban J connectivity index is 1.88. The maximum atomic E-state index is 13.1. The Morgan fingerprint density at radius 1 is 0.867 bits per heavy atom. The first-order valence-electron chi connectivity index (χ1n) is 9.68. The van der Waals surface area contributed by atoms with E-state index in [9.17, 15) is 13.2 Å². The zero-order valence-electron chi connectivity index (χ0n) is 17.6. The van der Waals surface area contributed by atoms with Gasteiger partial charge >= 0.3 is 0 Å². The molecule has 1 amide bonds. The summed E-state index contributed by atoms with van der Waals surface area (Å²) < 4.78 is 28.4. The van der Waals surface area contributed by atoms with Crippen molar-refractivity contribution >= 4 is 21.6 Å². The molecule has 0 heterocycles. The van der Waals surface area contributed by atoms with Gasteiger partial charge in [0, 0.05) is 19.2 Å². The third-order valence-electron chi connectivity index (χ3n) is 5.15. The molecule has 0 spiro atoms. The number of benzene rings is 3. The molecule has 5 nitrogen and oxygen atoms in total. The van der Waals surface area contributed by atoms with E-state index in [0.29, 0.717) is 17.8 Å². The second-order valence-electron chi connectivity index (χ2n) is 7.48. The van der Waals surface area contributed by atoms with Gasteiger partial charge in [-0.2, -0.15) is 0 Å². The second kappa shape index (κ2) is 8.71. The van der Waals surface area contributed by atoms with Crippen molar-refractivity contribution in [3.63, 3.8) is 0 Å². The lowest BCUT2D eigenvalue weighted by atomic mass is 10.1. The van der Waals surface area contributed by atoms with Crippen molar-refractivity contribution in [3.8, 4) is 0 Å². The largest absolute Gasteiger partial charge is 0.337 e. The van der Waals surface area contributed by atoms with Gasteiger partial charge in [0.2, 0.25) is 0 Å². The summed E-state index contributed by atoms with van der Waals surface area (Å²) in [4.78, 5) is 14.7. The molecule has 3 aromatic rings. The van der Waals surface area contributed by atoms with Crippen LogP contribution >= 0.6 is 0 Å². The molecule has 0 radical (unpaired) electrons. The SMILES string of the molecule is Cc1ccccc1CN(C)C(=O)c1cc(S(=O)(=O)Nc2ccccc2C)ccc1C. The van der Waals surface area contributed by atoms with Crippen LogP contribution in [0.3, 0.4) is 0 Å². The van der Waals surface area contributed by atoms with Crippen LogP contribution in [0.25, 0.3) is 0 Å². The van der Waals surface area contributed by atoms with Crippen LogP contribution in [-0.4, -0.2) is 26.3 Å². The number of carbonyl (C=O) groups is 1. The molecule has 0 aliphatic heterocycles. The number of rotatable bonds is 6. The van der Waals surface area contributed by atoms with E-state index in [4.69, 9.17) is 0 Å². The lowest BCUT2D eigenvalue weighted by Gasteiger charge is -2.20. The van der Waals surface area contributed by atoms with Crippen molar-refractivity contribution in [2.24, 2.45) is 0 Å². The molecule has 0 unspecified atom stereocenters. The quantitative estimate of drug-likeness (QED) is 0.627. The molecule has 0 fully saturated rings. The Labute approximate surface area is 178 Å². The van der Waals surface area contributed by atoms with Crippen LogP contribution in [0.15, 0.2) is 71.6 Å². The lowest BCUT2D eigenvalue weighted by molar-refractivity contribution is 0.0784. The number of sulfonamides is 1. The number of amides is 1. The smallest absolute Gasteiger partial charge is 0.261 e. The van der Waals surface area contributed by atoms with Gasteiger partial charge in [-0.25, -0.2) is 8.42 Å². The number of carbonyl (C=O) groups excluding carboxylic acids is 1. The normalized spacial score (nSPS) is 11.2. The maximum absolute atomic E-state index is 13.1. The van der Waals surface area contributed by atoms with Crippen LogP contribution in [0.5, 0.6) is 0 Å². The maximum Gasteiger partial charge on any atom is 0.261 e. The Hall–Kier alpha value is -3.12. The number of hydrogen-bond donors (Lipinski definition) is 1. The molecule has 156 valence electrons. The summed E-state index contributed by atoms with van der Waals surface area (Å²) in [5, 5.41) is 0. The van der Waals surface area contributed by atoms with E-state index in [-0.39, 0.29) is 10.8 Å². The van der Waals surface area contributed by atoms with E-state index in [1.165, 1.54) is 12.1 Å². The second-order valence-corrected chi connectivity index (χ2v) is 9.17. The fourth-order valence-corrected chi connectivity index (χ4v) is 4.37. The molecule has 0 saturated carbocycles. The number of anilines is 1. The van der Waals surface area contributed by atoms with Gasteiger partial charge in [0.15, 0.2) is 0 Å². The highest BCUT2D eigenvalue weighted by atomic mass is 32.2. The fraction of sp³-hybridized carbons (Fsp3) is 0.208. The number of aryl methyl sites for hydroxylation is 3. The molecule has 0 aromatic heterocycles. The van der Waals surface area contributed by atoms with Crippen LogP contribution < -0.4 is 4.72 Å². The highest BCUT2D eigenvalue weighted by Crippen LogP contribution is 2.22. The summed E-state index contributed by atoms with van der Waals surface area (Å²) >= 11 is 0. The first kappa shape index (κ1) is 21.6. The number of para-hydroxylation sites is 1. The third-order valence-corrected chi connectivity index (χ3v) is 6.52. The Bertz CT molecular complexity index is 1190. The molecule has 0 saturated heterocycles. The van der Waals surface area contributed by atoms with Gasteiger partial charge in [-0.15, -0.1) is 0 Å². The van der Waals surface area contributed by atoms with Crippen molar-refractivity contribution in [2.45, 2.75) is 32.2 Å². The summed E-state index contributed by atoms with van der Waals surface area (Å²) in [6.07, 6.45) is 0. The number of nitrogens with one attached hydrogen (secondary N) is 1. The third kappa shape index (κ3) is 4.71. The molecule has 30 heavy (non-hydrogen) atoms. The molecule has 3 aromatic carbocycles. The average Bonchev–Trinajstić information content (AvgIpc) is 2.71. The minimum Gasteiger partial charge on any atom is -0.337 e. The van der Waals surface area contributed by atoms with E-state index in [1.807, 2.05) is 50.2 Å². The molecule has 3 rings (SSSR count). The Kier molecular flexibility index (Phi) is 6.27. The molecular formula is C24H26N2O3S. The monoisotopic (exact) mass is 422 g/mol. The predicted molar refractivity (Wildman–Crippen MR) is 120 cm³/mol. The minimum absolute atomic E-state index is 0.0593. The van der Waals surface area contributed by atoms with E-state index < -0.39 is 10.0 Å². The summed E-state index contributed by atoms with van der Waals surface area (Å²) in [7, 11) is -2.10. The van der Waals surface area contributed by atoms with Crippen molar-refractivity contribution in [1.82, 2.24) is 4.90 Å². The summed E-state index contributed by atoms with van der Waals surface area (Å²) in [6.45, 7) is 6.09. The zero-order valence-corrected chi connectivity index (χ0v) is 18.5.